The van der Waals surface area contributed by atoms with Gasteiger partial charge in [0, 0.05) is 50.3 Å². The molecule has 3 rings (SSSR count). The Kier molecular flexibility index (Phi) is 4.02. The third-order valence-corrected chi connectivity index (χ3v) is 4.43. The number of nitrogens with zero attached hydrogens (tertiary/aromatic N) is 3. The molecule has 1 aromatic rings. The predicted molar refractivity (Wildman–Crippen MR) is 79.6 cm³/mol. The topological polar surface area (TPSA) is 47.4 Å². The Morgan fingerprint density at radius 1 is 1.43 bits per heavy atom. The monoisotopic (exact) mass is 291 g/mol. The molecule has 5 heteroatoms. The third-order valence-electron chi connectivity index (χ3n) is 4.43. The SMILES string of the molecule is COCc1nn(CC2CC2)c2c1CN(C(=O)C(C)C)CC2. The number of ether oxygens (including phenoxy) is 1. The molecular formula is C16H25N3O2. The molecule has 2 heterocycles. The van der Waals surface area contributed by atoms with Crippen LogP contribution in [0.2, 0.25) is 0 Å². The molecular weight excluding hydrogens is 266 g/mol. The molecule has 0 unspecified atom stereocenters. The second-order valence-corrected chi connectivity index (χ2v) is 6.59. The molecule has 0 aromatic carbocycles. The number of carbonyl (C=O) groups is 1. The van der Waals surface area contributed by atoms with Crippen LogP contribution in [0.15, 0.2) is 0 Å². The van der Waals surface area contributed by atoms with Gasteiger partial charge in [-0.25, -0.2) is 0 Å². The van der Waals surface area contributed by atoms with E-state index in [2.05, 4.69) is 4.68 Å². The van der Waals surface area contributed by atoms with E-state index in [9.17, 15) is 4.79 Å². The lowest BCUT2D eigenvalue weighted by atomic mass is 10.0. The molecule has 1 saturated carbocycles. The number of carbonyl (C=O) groups excluding carboxylic acids is 1. The van der Waals surface area contributed by atoms with E-state index in [0.717, 1.165) is 31.1 Å². The van der Waals surface area contributed by atoms with Crippen LogP contribution in [-0.2, 0) is 35.6 Å². The Morgan fingerprint density at radius 2 is 2.19 bits per heavy atom. The fraction of sp³-hybridized carbons (Fsp3) is 0.750. The fourth-order valence-corrected chi connectivity index (χ4v) is 3.06. The van der Waals surface area contributed by atoms with E-state index in [4.69, 9.17) is 9.84 Å². The van der Waals surface area contributed by atoms with Gasteiger partial charge >= 0.3 is 0 Å². The van der Waals surface area contributed by atoms with Crippen molar-refractivity contribution in [1.29, 1.82) is 0 Å². The van der Waals surface area contributed by atoms with Crippen LogP contribution >= 0.6 is 0 Å². The van der Waals surface area contributed by atoms with Crippen molar-refractivity contribution in [2.75, 3.05) is 13.7 Å². The smallest absolute Gasteiger partial charge is 0.225 e. The summed E-state index contributed by atoms with van der Waals surface area (Å²) in [7, 11) is 1.70. The molecule has 21 heavy (non-hydrogen) atoms. The van der Waals surface area contributed by atoms with E-state index in [1.165, 1.54) is 24.1 Å². The quantitative estimate of drug-likeness (QED) is 0.833. The number of aromatic nitrogens is 2. The van der Waals surface area contributed by atoms with Gasteiger partial charge in [-0.2, -0.15) is 5.10 Å². The van der Waals surface area contributed by atoms with Crippen molar-refractivity contribution in [2.45, 2.75) is 52.8 Å². The minimum absolute atomic E-state index is 0.0546. The first kappa shape index (κ1) is 14.6. The van der Waals surface area contributed by atoms with Gasteiger partial charge in [0.2, 0.25) is 5.91 Å². The number of amides is 1. The molecule has 0 radical (unpaired) electrons. The molecule has 5 nitrogen and oxygen atoms in total. The highest BCUT2D eigenvalue weighted by Crippen LogP contribution is 2.32. The van der Waals surface area contributed by atoms with Gasteiger partial charge in [-0.1, -0.05) is 13.8 Å². The molecule has 0 N–H and O–H groups in total. The molecule has 0 saturated heterocycles. The highest BCUT2D eigenvalue weighted by atomic mass is 16.5. The van der Waals surface area contributed by atoms with Crippen molar-refractivity contribution in [3.8, 4) is 0 Å². The summed E-state index contributed by atoms with van der Waals surface area (Å²) in [5, 5.41) is 4.75. The van der Waals surface area contributed by atoms with Crippen LogP contribution in [0.25, 0.3) is 0 Å². The predicted octanol–water partition coefficient (Wildman–Crippen LogP) is 1.98. The molecule has 1 aromatic heterocycles. The molecule has 2 aliphatic rings. The average Bonchev–Trinajstić information content (AvgIpc) is 3.22. The summed E-state index contributed by atoms with van der Waals surface area (Å²) in [4.78, 5) is 14.2. The fourth-order valence-electron chi connectivity index (χ4n) is 3.06. The van der Waals surface area contributed by atoms with Crippen LogP contribution in [0.4, 0.5) is 0 Å². The average molecular weight is 291 g/mol. The van der Waals surface area contributed by atoms with Crippen molar-refractivity contribution >= 4 is 5.91 Å². The van der Waals surface area contributed by atoms with Gasteiger partial charge in [-0.05, 0) is 18.8 Å². The van der Waals surface area contributed by atoms with Crippen molar-refractivity contribution in [3.05, 3.63) is 17.0 Å². The summed E-state index contributed by atoms with van der Waals surface area (Å²) in [6.45, 7) is 6.99. The van der Waals surface area contributed by atoms with Crippen molar-refractivity contribution in [1.82, 2.24) is 14.7 Å². The highest BCUT2D eigenvalue weighted by molar-refractivity contribution is 5.78. The zero-order chi connectivity index (χ0) is 15.0. The molecule has 0 spiro atoms. The van der Waals surface area contributed by atoms with Gasteiger partial charge in [0.05, 0.1) is 12.3 Å². The van der Waals surface area contributed by atoms with E-state index in [1.807, 2.05) is 18.7 Å². The first-order valence-electron chi connectivity index (χ1n) is 7.95. The van der Waals surface area contributed by atoms with E-state index < -0.39 is 0 Å². The largest absolute Gasteiger partial charge is 0.378 e. The summed E-state index contributed by atoms with van der Waals surface area (Å²) in [5.74, 6) is 1.10. The minimum atomic E-state index is 0.0546. The number of hydrogen-bond acceptors (Lipinski definition) is 3. The lowest BCUT2D eigenvalue weighted by Crippen LogP contribution is -2.38. The third kappa shape index (κ3) is 2.98. The van der Waals surface area contributed by atoms with Gasteiger partial charge in [0.1, 0.15) is 0 Å². The Morgan fingerprint density at radius 3 is 2.81 bits per heavy atom. The van der Waals surface area contributed by atoms with E-state index in [1.54, 1.807) is 7.11 Å². The lowest BCUT2D eigenvalue weighted by molar-refractivity contribution is -0.135. The van der Waals surface area contributed by atoms with Crippen LogP contribution in [0, 0.1) is 11.8 Å². The van der Waals surface area contributed by atoms with Gasteiger partial charge in [0.25, 0.3) is 0 Å². The van der Waals surface area contributed by atoms with E-state index in [0.29, 0.717) is 13.2 Å². The first-order valence-corrected chi connectivity index (χ1v) is 7.95. The lowest BCUT2D eigenvalue weighted by Gasteiger charge is -2.29. The van der Waals surface area contributed by atoms with E-state index >= 15 is 0 Å². The van der Waals surface area contributed by atoms with Crippen molar-refractivity contribution in [2.24, 2.45) is 11.8 Å². The Bertz CT molecular complexity index is 532. The van der Waals surface area contributed by atoms with Crippen LogP contribution in [0.5, 0.6) is 0 Å². The standard InChI is InChI=1S/C16H25N3O2/c1-11(2)16(20)18-7-6-15-13(9-18)14(10-21-3)17-19(15)8-12-4-5-12/h11-12H,4-10H2,1-3H3. The maximum atomic E-state index is 12.2. The van der Waals surface area contributed by atoms with Gasteiger partial charge in [-0.3, -0.25) is 9.48 Å². The molecule has 1 amide bonds. The zero-order valence-electron chi connectivity index (χ0n) is 13.3. The second-order valence-electron chi connectivity index (χ2n) is 6.59. The Labute approximate surface area is 126 Å². The molecule has 0 atom stereocenters. The molecule has 0 bridgehead atoms. The van der Waals surface area contributed by atoms with Gasteiger partial charge < -0.3 is 9.64 Å². The number of hydrogen-bond donors (Lipinski definition) is 0. The molecule has 1 aliphatic carbocycles. The normalized spacial score (nSPS) is 18.2. The van der Waals surface area contributed by atoms with Crippen LogP contribution in [-0.4, -0.2) is 34.2 Å². The molecule has 116 valence electrons. The number of rotatable bonds is 5. The highest BCUT2D eigenvalue weighted by Gasteiger charge is 2.30. The maximum absolute atomic E-state index is 12.2. The number of methoxy groups -OCH3 is 1. The summed E-state index contributed by atoms with van der Waals surface area (Å²) in [5.41, 5.74) is 3.55. The Hall–Kier alpha value is -1.36. The maximum Gasteiger partial charge on any atom is 0.225 e. The minimum Gasteiger partial charge on any atom is -0.378 e. The van der Waals surface area contributed by atoms with Crippen LogP contribution in [0.3, 0.4) is 0 Å². The van der Waals surface area contributed by atoms with Gasteiger partial charge in [-0.15, -0.1) is 0 Å². The summed E-state index contributed by atoms with van der Waals surface area (Å²) >= 11 is 0. The summed E-state index contributed by atoms with van der Waals surface area (Å²) in [6, 6.07) is 0. The van der Waals surface area contributed by atoms with Gasteiger partial charge in [0.15, 0.2) is 0 Å². The molecule has 1 aliphatic heterocycles. The van der Waals surface area contributed by atoms with Crippen LogP contribution in [0.1, 0.15) is 43.6 Å². The van der Waals surface area contributed by atoms with Crippen LogP contribution < -0.4 is 0 Å². The molecule has 1 fully saturated rings. The van der Waals surface area contributed by atoms with Crippen molar-refractivity contribution in [3.63, 3.8) is 0 Å². The first-order chi connectivity index (χ1) is 10.1. The number of fused-ring (bicyclic) bond motifs is 1. The summed E-state index contributed by atoms with van der Waals surface area (Å²) < 4.78 is 7.47. The van der Waals surface area contributed by atoms with E-state index in [-0.39, 0.29) is 11.8 Å². The van der Waals surface area contributed by atoms with Crippen molar-refractivity contribution < 1.29 is 9.53 Å². The Balaban J connectivity index is 1.84. The zero-order valence-corrected chi connectivity index (χ0v) is 13.3. The second kappa shape index (κ2) is 5.79. The summed E-state index contributed by atoms with van der Waals surface area (Å²) in [6.07, 6.45) is 3.57.